The molecule has 5 nitrogen and oxygen atoms in total. The van der Waals surface area contributed by atoms with E-state index in [2.05, 4.69) is 15.5 Å². The highest BCUT2D eigenvalue weighted by Crippen LogP contribution is 2.26. The van der Waals surface area contributed by atoms with Crippen molar-refractivity contribution in [2.45, 2.75) is 6.92 Å². The van der Waals surface area contributed by atoms with Crippen LogP contribution in [0.15, 0.2) is 42.5 Å². The van der Waals surface area contributed by atoms with Gasteiger partial charge in [0.25, 0.3) is 0 Å². The Morgan fingerprint density at radius 1 is 1.15 bits per heavy atom. The summed E-state index contributed by atoms with van der Waals surface area (Å²) in [6.45, 7) is 1.97. The summed E-state index contributed by atoms with van der Waals surface area (Å²) in [5.41, 5.74) is 8.63. The van der Waals surface area contributed by atoms with E-state index in [9.17, 15) is 4.39 Å². The van der Waals surface area contributed by atoms with E-state index in [1.165, 1.54) is 12.1 Å². The van der Waals surface area contributed by atoms with Crippen LogP contribution in [-0.4, -0.2) is 20.2 Å². The van der Waals surface area contributed by atoms with Crippen LogP contribution in [0.3, 0.4) is 0 Å². The third-order valence-electron chi connectivity index (χ3n) is 3.07. The van der Waals surface area contributed by atoms with Crippen LogP contribution in [0.1, 0.15) is 5.56 Å². The largest absolute Gasteiger partial charge is 0.398 e. The van der Waals surface area contributed by atoms with Gasteiger partial charge in [-0.2, -0.15) is 4.68 Å². The van der Waals surface area contributed by atoms with Gasteiger partial charge in [-0.05, 0) is 47.2 Å². The minimum atomic E-state index is -0.388. The fraction of sp³-hybridized carbons (Fsp3) is 0.0714. The molecule has 0 unspecified atom stereocenters. The summed E-state index contributed by atoms with van der Waals surface area (Å²) in [6, 6.07) is 11.9. The molecule has 0 aliphatic heterocycles. The zero-order chi connectivity index (χ0) is 14.1. The summed E-state index contributed by atoms with van der Waals surface area (Å²) in [6.07, 6.45) is 0. The summed E-state index contributed by atoms with van der Waals surface area (Å²) < 4.78 is 14.7. The van der Waals surface area contributed by atoms with Crippen LogP contribution in [0.4, 0.5) is 10.1 Å². The number of benzene rings is 2. The van der Waals surface area contributed by atoms with E-state index in [0.717, 1.165) is 11.3 Å². The monoisotopic (exact) mass is 269 g/mol. The lowest BCUT2D eigenvalue weighted by atomic mass is 10.1. The van der Waals surface area contributed by atoms with Crippen LogP contribution in [-0.2, 0) is 0 Å². The molecule has 0 saturated heterocycles. The molecule has 0 radical (unpaired) electrons. The molecule has 0 saturated carbocycles. The molecule has 2 aromatic carbocycles. The summed E-state index contributed by atoms with van der Waals surface area (Å²) in [4.78, 5) is 0. The van der Waals surface area contributed by atoms with Gasteiger partial charge >= 0.3 is 0 Å². The van der Waals surface area contributed by atoms with Crippen molar-refractivity contribution < 1.29 is 4.39 Å². The first-order chi connectivity index (χ1) is 9.66. The number of nitrogen functional groups attached to an aromatic ring is 1. The molecule has 20 heavy (non-hydrogen) atoms. The molecule has 0 spiro atoms. The third kappa shape index (κ3) is 2.01. The molecule has 0 fully saturated rings. The summed E-state index contributed by atoms with van der Waals surface area (Å²) in [5.74, 6) is 0.0953. The van der Waals surface area contributed by atoms with Crippen molar-refractivity contribution >= 4 is 5.69 Å². The zero-order valence-corrected chi connectivity index (χ0v) is 10.8. The second kappa shape index (κ2) is 4.73. The van der Waals surface area contributed by atoms with E-state index in [4.69, 9.17) is 5.73 Å². The Labute approximate surface area is 114 Å². The summed E-state index contributed by atoms with van der Waals surface area (Å²) in [7, 11) is 0. The molecule has 6 heteroatoms. The number of hydrogen-bond donors (Lipinski definition) is 1. The molecule has 1 heterocycles. The van der Waals surface area contributed by atoms with E-state index in [1.54, 1.807) is 10.7 Å². The predicted octanol–water partition coefficient (Wildman–Crippen LogP) is 2.36. The number of hydrogen-bond acceptors (Lipinski definition) is 4. The van der Waals surface area contributed by atoms with Gasteiger partial charge in [0.2, 0.25) is 0 Å². The molecule has 0 bridgehead atoms. The maximum atomic E-state index is 13.1. The lowest BCUT2D eigenvalue weighted by Gasteiger charge is -2.09. The van der Waals surface area contributed by atoms with Gasteiger partial charge in [-0.3, -0.25) is 0 Å². The zero-order valence-electron chi connectivity index (χ0n) is 10.8. The highest BCUT2D eigenvalue weighted by Gasteiger charge is 2.14. The van der Waals surface area contributed by atoms with Gasteiger partial charge in [-0.1, -0.05) is 18.2 Å². The molecule has 3 rings (SSSR count). The van der Waals surface area contributed by atoms with Crippen molar-refractivity contribution in [2.75, 3.05) is 5.73 Å². The van der Waals surface area contributed by atoms with Crippen molar-refractivity contribution in [3.8, 4) is 17.1 Å². The maximum absolute atomic E-state index is 13.1. The predicted molar refractivity (Wildman–Crippen MR) is 73.7 cm³/mol. The Morgan fingerprint density at radius 2 is 1.95 bits per heavy atom. The molecule has 0 aliphatic carbocycles. The maximum Gasteiger partial charge on any atom is 0.189 e. The average molecular weight is 269 g/mol. The Balaban J connectivity index is 2.18. The first-order valence-corrected chi connectivity index (χ1v) is 6.06. The van der Waals surface area contributed by atoms with E-state index in [1.807, 2.05) is 31.2 Å². The van der Waals surface area contributed by atoms with Gasteiger partial charge in [0.15, 0.2) is 5.82 Å². The number of aromatic nitrogens is 4. The third-order valence-corrected chi connectivity index (χ3v) is 3.07. The number of anilines is 1. The highest BCUT2D eigenvalue weighted by atomic mass is 19.1. The van der Waals surface area contributed by atoms with Crippen LogP contribution in [0, 0.1) is 12.7 Å². The normalized spacial score (nSPS) is 10.7. The molecule has 100 valence electrons. The molecule has 0 atom stereocenters. The smallest absolute Gasteiger partial charge is 0.189 e. The number of aryl methyl sites for hydroxylation is 1. The lowest BCUT2D eigenvalue weighted by molar-refractivity contribution is 0.628. The molecule has 0 aliphatic rings. The summed E-state index contributed by atoms with van der Waals surface area (Å²) >= 11 is 0. The Kier molecular flexibility index (Phi) is 2.90. The van der Waals surface area contributed by atoms with Gasteiger partial charge in [0.1, 0.15) is 5.82 Å². The van der Waals surface area contributed by atoms with Gasteiger partial charge in [-0.25, -0.2) is 4.39 Å². The molecule has 2 N–H and O–H groups in total. The van der Waals surface area contributed by atoms with Crippen molar-refractivity contribution in [3.05, 3.63) is 53.8 Å². The van der Waals surface area contributed by atoms with E-state index >= 15 is 0 Å². The van der Waals surface area contributed by atoms with Crippen LogP contribution in [0.25, 0.3) is 17.1 Å². The quantitative estimate of drug-likeness (QED) is 0.725. The SMILES string of the molecule is Cc1ccccc1-n1nnnc1-c1ccc(F)cc1N. The topological polar surface area (TPSA) is 69.6 Å². The minimum absolute atomic E-state index is 0.301. The fourth-order valence-electron chi connectivity index (χ4n) is 2.06. The highest BCUT2D eigenvalue weighted by molar-refractivity contribution is 5.72. The first-order valence-electron chi connectivity index (χ1n) is 6.06. The van der Waals surface area contributed by atoms with Crippen molar-refractivity contribution in [1.82, 2.24) is 20.2 Å². The number of halogens is 1. The summed E-state index contributed by atoms with van der Waals surface area (Å²) in [5, 5.41) is 11.7. The standard InChI is InChI=1S/C14H12FN5/c1-9-4-2-3-5-13(9)20-14(17-18-19-20)11-7-6-10(15)8-12(11)16/h2-8H,16H2,1H3. The fourth-order valence-corrected chi connectivity index (χ4v) is 2.06. The Hall–Kier alpha value is -2.76. The minimum Gasteiger partial charge on any atom is -0.398 e. The number of nitrogens with two attached hydrogens (primary N) is 1. The van der Waals surface area contributed by atoms with E-state index in [-0.39, 0.29) is 5.82 Å². The Morgan fingerprint density at radius 3 is 2.70 bits per heavy atom. The first kappa shape index (κ1) is 12.3. The molecule has 3 aromatic rings. The van der Waals surface area contributed by atoms with Crippen LogP contribution in [0.2, 0.25) is 0 Å². The van der Waals surface area contributed by atoms with Crippen LogP contribution in [0.5, 0.6) is 0 Å². The van der Waals surface area contributed by atoms with Gasteiger partial charge in [-0.15, -0.1) is 5.10 Å². The lowest BCUT2D eigenvalue weighted by Crippen LogP contribution is -2.03. The van der Waals surface area contributed by atoms with Crippen molar-refractivity contribution in [2.24, 2.45) is 0 Å². The second-order valence-corrected chi connectivity index (χ2v) is 4.43. The van der Waals surface area contributed by atoms with Gasteiger partial charge in [0, 0.05) is 11.3 Å². The van der Waals surface area contributed by atoms with Gasteiger partial charge in [0.05, 0.1) is 5.69 Å². The van der Waals surface area contributed by atoms with Crippen molar-refractivity contribution in [1.29, 1.82) is 0 Å². The molecular formula is C14H12FN5. The Bertz CT molecular complexity index is 766. The number of rotatable bonds is 2. The molecular weight excluding hydrogens is 257 g/mol. The van der Waals surface area contributed by atoms with E-state index < -0.39 is 0 Å². The van der Waals surface area contributed by atoms with E-state index in [0.29, 0.717) is 17.1 Å². The van der Waals surface area contributed by atoms with Crippen molar-refractivity contribution in [3.63, 3.8) is 0 Å². The van der Waals surface area contributed by atoms with Gasteiger partial charge < -0.3 is 5.73 Å². The second-order valence-electron chi connectivity index (χ2n) is 4.43. The van der Waals surface area contributed by atoms with Crippen LogP contribution >= 0.6 is 0 Å². The number of para-hydroxylation sites is 1. The number of tetrazole rings is 1. The molecule has 1 aromatic heterocycles. The molecule has 0 amide bonds. The number of nitrogens with zero attached hydrogens (tertiary/aromatic N) is 4. The average Bonchev–Trinajstić information content (AvgIpc) is 2.88. The van der Waals surface area contributed by atoms with Crippen LogP contribution < -0.4 is 5.73 Å².